The minimum atomic E-state index is -0.458. The predicted molar refractivity (Wildman–Crippen MR) is 91.1 cm³/mol. The molecule has 3 N–H and O–H groups in total. The maximum Gasteiger partial charge on any atom is 0.366 e. The van der Waals surface area contributed by atoms with Crippen molar-refractivity contribution >= 4 is 27.9 Å². The van der Waals surface area contributed by atoms with Crippen LogP contribution in [0.25, 0.3) is 33.3 Å². The quantitative estimate of drug-likeness (QED) is 0.457. The van der Waals surface area contributed by atoms with E-state index in [2.05, 4.69) is 5.73 Å². The summed E-state index contributed by atoms with van der Waals surface area (Å²) in [6.07, 6.45) is 1.36. The summed E-state index contributed by atoms with van der Waals surface area (Å²) in [7, 11) is 0. The molecule has 0 amide bonds. The SMILES string of the molecule is [NH3+]CC(=O)Oc1ccc2c(=O)c(-c3cc4ccccc4o3)coc2c1. The molecule has 0 unspecified atom stereocenters. The Morgan fingerprint density at radius 2 is 1.92 bits per heavy atom. The van der Waals surface area contributed by atoms with Crippen LogP contribution in [0.2, 0.25) is 0 Å². The number of esters is 1. The van der Waals surface area contributed by atoms with E-state index in [4.69, 9.17) is 13.6 Å². The number of para-hydroxylation sites is 1. The van der Waals surface area contributed by atoms with E-state index in [1.807, 2.05) is 24.3 Å². The van der Waals surface area contributed by atoms with Crippen molar-refractivity contribution in [1.82, 2.24) is 0 Å². The van der Waals surface area contributed by atoms with Crippen LogP contribution in [0.15, 0.2) is 68.4 Å². The largest absolute Gasteiger partial charge is 0.463 e. The molecule has 0 saturated carbocycles. The second-order valence-corrected chi connectivity index (χ2v) is 5.51. The van der Waals surface area contributed by atoms with Gasteiger partial charge < -0.3 is 19.3 Å². The van der Waals surface area contributed by atoms with Crippen LogP contribution in [0.5, 0.6) is 5.75 Å². The lowest BCUT2D eigenvalue weighted by Gasteiger charge is -2.04. The van der Waals surface area contributed by atoms with E-state index >= 15 is 0 Å². The van der Waals surface area contributed by atoms with E-state index in [9.17, 15) is 9.59 Å². The smallest absolute Gasteiger partial charge is 0.366 e. The number of carbonyl (C=O) groups excluding carboxylic acids is 1. The van der Waals surface area contributed by atoms with Gasteiger partial charge in [-0.2, -0.15) is 0 Å². The molecule has 6 nitrogen and oxygen atoms in total. The average Bonchev–Trinajstić information content (AvgIpc) is 3.05. The molecule has 0 atom stereocenters. The van der Waals surface area contributed by atoms with Gasteiger partial charge in [0.1, 0.15) is 34.5 Å². The average molecular weight is 336 g/mol. The molecule has 2 heterocycles. The summed E-state index contributed by atoms with van der Waals surface area (Å²) in [5.74, 6) is 0.297. The van der Waals surface area contributed by atoms with Gasteiger partial charge in [0.15, 0.2) is 6.54 Å². The van der Waals surface area contributed by atoms with Gasteiger partial charge >= 0.3 is 5.97 Å². The molecule has 0 aliphatic rings. The number of quaternary nitrogens is 1. The normalized spacial score (nSPS) is 11.1. The van der Waals surface area contributed by atoms with E-state index in [1.54, 1.807) is 18.2 Å². The number of fused-ring (bicyclic) bond motifs is 2. The molecule has 2 aromatic heterocycles. The molecular formula is C19H14NO5+. The van der Waals surface area contributed by atoms with Gasteiger partial charge in [-0.15, -0.1) is 0 Å². The highest BCUT2D eigenvalue weighted by Gasteiger charge is 2.14. The summed E-state index contributed by atoms with van der Waals surface area (Å²) in [4.78, 5) is 24.1. The maximum atomic E-state index is 12.8. The van der Waals surface area contributed by atoms with Crippen LogP contribution in [0.1, 0.15) is 0 Å². The van der Waals surface area contributed by atoms with Gasteiger partial charge in [-0.25, -0.2) is 4.79 Å². The van der Waals surface area contributed by atoms with Gasteiger partial charge in [0.05, 0.1) is 5.39 Å². The van der Waals surface area contributed by atoms with Crippen LogP contribution < -0.4 is 15.9 Å². The molecule has 0 bridgehead atoms. The number of hydrogen-bond acceptors (Lipinski definition) is 5. The van der Waals surface area contributed by atoms with Gasteiger partial charge in [-0.3, -0.25) is 4.79 Å². The number of hydrogen-bond donors (Lipinski definition) is 1. The number of rotatable bonds is 3. The third-order valence-electron chi connectivity index (χ3n) is 3.87. The highest BCUT2D eigenvalue weighted by molar-refractivity contribution is 5.86. The fraction of sp³-hybridized carbons (Fsp3) is 0.0526. The minimum absolute atomic E-state index is 0.0208. The van der Waals surface area contributed by atoms with E-state index in [0.29, 0.717) is 33.6 Å². The van der Waals surface area contributed by atoms with Crippen molar-refractivity contribution in [2.24, 2.45) is 0 Å². The first-order valence-corrected chi connectivity index (χ1v) is 7.70. The van der Waals surface area contributed by atoms with Crippen molar-refractivity contribution in [1.29, 1.82) is 0 Å². The van der Waals surface area contributed by atoms with Gasteiger partial charge in [-0.05, 0) is 24.3 Å². The Kier molecular flexibility index (Phi) is 3.59. The Bertz CT molecular complexity index is 1120. The lowest BCUT2D eigenvalue weighted by molar-refractivity contribution is -0.358. The van der Waals surface area contributed by atoms with E-state index in [0.717, 1.165) is 5.39 Å². The third-order valence-corrected chi connectivity index (χ3v) is 3.87. The van der Waals surface area contributed by atoms with Crippen molar-refractivity contribution in [3.05, 3.63) is 65.0 Å². The number of ether oxygens (including phenoxy) is 1. The summed E-state index contributed by atoms with van der Waals surface area (Å²) in [5, 5.41) is 1.29. The van der Waals surface area contributed by atoms with Crippen molar-refractivity contribution in [3.63, 3.8) is 0 Å². The first-order chi connectivity index (χ1) is 12.2. The van der Waals surface area contributed by atoms with Crippen molar-refractivity contribution in [2.75, 3.05) is 6.54 Å². The van der Waals surface area contributed by atoms with E-state index < -0.39 is 5.97 Å². The van der Waals surface area contributed by atoms with Gasteiger partial charge in [0, 0.05) is 11.5 Å². The Hall–Kier alpha value is -3.38. The summed E-state index contributed by atoms with van der Waals surface area (Å²) >= 11 is 0. The molecule has 4 aromatic rings. The second kappa shape index (κ2) is 5.92. The van der Waals surface area contributed by atoms with Gasteiger partial charge in [0.2, 0.25) is 5.43 Å². The number of carbonyl (C=O) groups is 1. The molecule has 4 rings (SSSR count). The lowest BCUT2D eigenvalue weighted by Crippen LogP contribution is -2.55. The van der Waals surface area contributed by atoms with E-state index in [1.165, 1.54) is 12.3 Å². The highest BCUT2D eigenvalue weighted by atomic mass is 16.5. The second-order valence-electron chi connectivity index (χ2n) is 5.51. The predicted octanol–water partition coefficient (Wildman–Crippen LogP) is 2.35. The third kappa shape index (κ3) is 2.68. The molecule has 0 aliphatic heterocycles. The fourth-order valence-electron chi connectivity index (χ4n) is 2.64. The van der Waals surface area contributed by atoms with Crippen molar-refractivity contribution < 1.29 is 24.1 Å². The molecule has 0 saturated heterocycles. The molecule has 25 heavy (non-hydrogen) atoms. The molecule has 0 spiro atoms. The fourth-order valence-corrected chi connectivity index (χ4v) is 2.64. The Morgan fingerprint density at radius 3 is 2.72 bits per heavy atom. The van der Waals surface area contributed by atoms with Crippen LogP contribution >= 0.6 is 0 Å². The monoisotopic (exact) mass is 336 g/mol. The van der Waals surface area contributed by atoms with E-state index in [-0.39, 0.29) is 12.0 Å². The summed E-state index contributed by atoms with van der Waals surface area (Å²) in [6.45, 7) is 0.0208. The topological polar surface area (TPSA) is 97.3 Å². The molecule has 124 valence electrons. The zero-order valence-electron chi connectivity index (χ0n) is 13.2. The minimum Gasteiger partial charge on any atom is -0.463 e. The van der Waals surface area contributed by atoms with Crippen LogP contribution in [-0.4, -0.2) is 12.5 Å². The standard InChI is InChI=1S/C19H13NO5/c20-9-18(21)24-12-5-6-13-16(8-12)23-10-14(19(13)22)17-7-11-3-1-2-4-15(11)25-17/h1-8,10H,9,20H2/p+1. The van der Waals surface area contributed by atoms with Crippen molar-refractivity contribution in [3.8, 4) is 17.1 Å². The Labute approximate surface area is 141 Å². The molecule has 0 radical (unpaired) electrons. The first kappa shape index (κ1) is 15.2. The Morgan fingerprint density at radius 1 is 1.08 bits per heavy atom. The van der Waals surface area contributed by atoms with Crippen LogP contribution in [0, 0.1) is 0 Å². The first-order valence-electron chi connectivity index (χ1n) is 7.70. The lowest BCUT2D eigenvalue weighted by atomic mass is 10.1. The zero-order valence-corrected chi connectivity index (χ0v) is 13.2. The van der Waals surface area contributed by atoms with Crippen LogP contribution in [0.4, 0.5) is 0 Å². The van der Waals surface area contributed by atoms with Crippen LogP contribution in [0.3, 0.4) is 0 Å². The Balaban J connectivity index is 1.81. The molecular weight excluding hydrogens is 322 g/mol. The van der Waals surface area contributed by atoms with Crippen molar-refractivity contribution in [2.45, 2.75) is 0 Å². The number of benzene rings is 2. The zero-order chi connectivity index (χ0) is 17.4. The summed E-state index contributed by atoms with van der Waals surface area (Å²) in [5.41, 5.74) is 4.62. The van der Waals surface area contributed by atoms with Gasteiger partial charge in [-0.1, -0.05) is 18.2 Å². The molecule has 2 aromatic carbocycles. The van der Waals surface area contributed by atoms with Gasteiger partial charge in [0.25, 0.3) is 0 Å². The number of furan rings is 1. The highest BCUT2D eigenvalue weighted by Crippen LogP contribution is 2.28. The van der Waals surface area contributed by atoms with Crippen LogP contribution in [-0.2, 0) is 4.79 Å². The molecule has 0 aliphatic carbocycles. The molecule has 0 fully saturated rings. The summed E-state index contributed by atoms with van der Waals surface area (Å²) < 4.78 is 16.4. The molecule has 6 heteroatoms. The summed E-state index contributed by atoms with van der Waals surface area (Å²) in [6, 6.07) is 13.9. The maximum absolute atomic E-state index is 12.8.